The fraction of sp³-hybridized carbons (Fsp3) is 0.333. The zero-order chi connectivity index (χ0) is 19.7. The number of carbonyl (C=O) groups is 1. The average molecular weight is 384 g/mol. The van der Waals surface area contributed by atoms with E-state index in [-0.39, 0.29) is 23.5 Å². The largest absolute Gasteiger partial charge is 0.386 e. The summed E-state index contributed by atoms with van der Waals surface area (Å²) >= 11 is 0. The van der Waals surface area contributed by atoms with Crippen LogP contribution in [-0.2, 0) is 4.74 Å². The molecule has 0 saturated heterocycles. The Labute approximate surface area is 159 Å². The Hall–Kier alpha value is -3.40. The fourth-order valence-electron chi connectivity index (χ4n) is 3.14. The molecular weight excluding hydrogens is 364 g/mol. The van der Waals surface area contributed by atoms with E-state index in [0.717, 1.165) is 12.8 Å². The van der Waals surface area contributed by atoms with Gasteiger partial charge in [-0.05, 0) is 25.0 Å². The number of ether oxygens (including phenoxy) is 1. The summed E-state index contributed by atoms with van der Waals surface area (Å²) in [4.78, 5) is 31.6. The molecule has 10 heteroatoms. The van der Waals surface area contributed by atoms with Crippen LogP contribution in [0.5, 0.6) is 0 Å². The minimum absolute atomic E-state index is 0.000924. The number of nitrogens with one attached hydrogen (secondary N) is 4. The summed E-state index contributed by atoms with van der Waals surface area (Å²) in [5.41, 5.74) is 1.39. The number of H-pyrrole nitrogens is 1. The number of hydrogen-bond acceptors (Lipinski definition) is 8. The molecule has 3 aromatic rings. The molecule has 4 rings (SSSR count). The maximum absolute atomic E-state index is 12.7. The molecule has 1 aliphatic rings. The minimum Gasteiger partial charge on any atom is -0.386 e. The molecule has 1 amide bonds. The van der Waals surface area contributed by atoms with Gasteiger partial charge in [0.2, 0.25) is 5.76 Å². The topological polar surface area (TPSA) is 134 Å². The van der Waals surface area contributed by atoms with Crippen LogP contribution in [0.4, 0.5) is 17.2 Å². The van der Waals surface area contributed by atoms with Crippen LogP contribution in [0.1, 0.15) is 23.4 Å². The van der Waals surface area contributed by atoms with Gasteiger partial charge in [-0.15, -0.1) is 0 Å². The van der Waals surface area contributed by atoms with E-state index < -0.39 is 5.91 Å². The number of hydrogen-bond donors (Lipinski definition) is 4. The Morgan fingerprint density at radius 3 is 2.86 bits per heavy atom. The van der Waals surface area contributed by atoms with Crippen LogP contribution in [-0.4, -0.2) is 47.3 Å². The molecule has 0 bridgehead atoms. The summed E-state index contributed by atoms with van der Waals surface area (Å²) < 4.78 is 10.6. The van der Waals surface area contributed by atoms with Crippen molar-refractivity contribution in [3.8, 4) is 0 Å². The lowest BCUT2D eigenvalue weighted by molar-refractivity contribution is 0.00678. The SMILES string of the molecule is CNc1cc(Nc2ccc[nH]c2=O)nc2c(C(=O)N[C@@H]3CC[C@H]3OC)onc12. The number of methoxy groups -OCH3 is 1. The highest BCUT2D eigenvalue weighted by atomic mass is 16.5. The maximum Gasteiger partial charge on any atom is 0.292 e. The predicted octanol–water partition coefficient (Wildman–Crippen LogP) is 1.60. The number of fused-ring (bicyclic) bond motifs is 1. The van der Waals surface area contributed by atoms with Gasteiger partial charge in [0.25, 0.3) is 11.5 Å². The van der Waals surface area contributed by atoms with Crippen molar-refractivity contribution in [1.29, 1.82) is 0 Å². The van der Waals surface area contributed by atoms with E-state index in [0.29, 0.717) is 28.2 Å². The van der Waals surface area contributed by atoms with Crippen LogP contribution >= 0.6 is 0 Å². The van der Waals surface area contributed by atoms with Gasteiger partial charge < -0.3 is 30.2 Å². The van der Waals surface area contributed by atoms with Gasteiger partial charge in [0, 0.05) is 26.4 Å². The Morgan fingerprint density at radius 1 is 1.32 bits per heavy atom. The number of nitrogens with zero attached hydrogens (tertiary/aromatic N) is 2. The Bertz CT molecular complexity index is 1070. The molecule has 0 aromatic carbocycles. The summed E-state index contributed by atoms with van der Waals surface area (Å²) in [6.45, 7) is 0. The van der Waals surface area contributed by atoms with Gasteiger partial charge in [-0.3, -0.25) is 9.59 Å². The van der Waals surface area contributed by atoms with E-state index in [1.165, 1.54) is 0 Å². The highest BCUT2D eigenvalue weighted by Crippen LogP contribution is 2.29. The van der Waals surface area contributed by atoms with E-state index >= 15 is 0 Å². The molecule has 10 nitrogen and oxygen atoms in total. The third-order valence-corrected chi connectivity index (χ3v) is 4.82. The molecule has 3 heterocycles. The van der Waals surface area contributed by atoms with Crippen LogP contribution in [0, 0.1) is 0 Å². The second kappa shape index (κ2) is 7.31. The predicted molar refractivity (Wildman–Crippen MR) is 103 cm³/mol. The summed E-state index contributed by atoms with van der Waals surface area (Å²) in [7, 11) is 3.34. The van der Waals surface area contributed by atoms with Gasteiger partial charge >= 0.3 is 0 Å². The third-order valence-electron chi connectivity index (χ3n) is 4.82. The molecule has 1 aliphatic carbocycles. The van der Waals surface area contributed by atoms with Crippen molar-refractivity contribution >= 4 is 34.1 Å². The molecule has 1 fully saturated rings. The standard InChI is InChI=1S/C18H20N6O4/c1-19-11-8-13(21-10-4-3-7-20-17(10)25)23-15-14(11)24-28-16(15)18(26)22-9-5-6-12(9)27-2/h3-4,7-9,12,19H,5-6H2,1-2H3,(H,20,25)(H,21,23)(H,22,26)/t9-,12-/m1/s1. The molecule has 0 unspecified atom stereocenters. The van der Waals surface area contributed by atoms with Gasteiger partial charge in [-0.1, -0.05) is 5.16 Å². The summed E-state index contributed by atoms with van der Waals surface area (Å²) in [5.74, 6) is -0.0124. The van der Waals surface area contributed by atoms with Crippen LogP contribution in [0.25, 0.3) is 11.0 Å². The Balaban J connectivity index is 1.68. The van der Waals surface area contributed by atoms with Gasteiger partial charge in [-0.2, -0.15) is 0 Å². The average Bonchev–Trinajstić information content (AvgIpc) is 3.10. The normalized spacial score (nSPS) is 18.5. The lowest BCUT2D eigenvalue weighted by Gasteiger charge is -2.35. The number of anilines is 3. The maximum atomic E-state index is 12.7. The van der Waals surface area contributed by atoms with Gasteiger partial charge in [-0.25, -0.2) is 4.98 Å². The van der Waals surface area contributed by atoms with Crippen LogP contribution in [0.3, 0.4) is 0 Å². The smallest absolute Gasteiger partial charge is 0.292 e. The van der Waals surface area contributed by atoms with Crippen molar-refractivity contribution in [3.05, 3.63) is 40.5 Å². The molecule has 2 atom stereocenters. The van der Waals surface area contributed by atoms with Crippen molar-refractivity contribution in [1.82, 2.24) is 20.4 Å². The van der Waals surface area contributed by atoms with Crippen molar-refractivity contribution in [2.24, 2.45) is 0 Å². The summed E-state index contributed by atoms with van der Waals surface area (Å²) in [6.07, 6.45) is 3.29. The van der Waals surface area contributed by atoms with Crippen molar-refractivity contribution in [2.75, 3.05) is 24.8 Å². The van der Waals surface area contributed by atoms with E-state index in [1.54, 1.807) is 38.6 Å². The number of aromatic amines is 1. The summed E-state index contributed by atoms with van der Waals surface area (Å²) in [5, 5.41) is 12.8. The van der Waals surface area contributed by atoms with Crippen LogP contribution < -0.4 is 21.5 Å². The number of rotatable bonds is 6. The molecule has 0 aliphatic heterocycles. The second-order valence-electron chi connectivity index (χ2n) is 6.48. The zero-order valence-electron chi connectivity index (χ0n) is 15.4. The first-order valence-electron chi connectivity index (χ1n) is 8.87. The summed E-state index contributed by atoms with van der Waals surface area (Å²) in [6, 6.07) is 4.95. The monoisotopic (exact) mass is 384 g/mol. The van der Waals surface area contributed by atoms with Crippen molar-refractivity contribution in [3.63, 3.8) is 0 Å². The Morgan fingerprint density at radius 2 is 2.18 bits per heavy atom. The number of carbonyl (C=O) groups excluding carboxylic acids is 1. The first-order chi connectivity index (χ1) is 13.6. The molecule has 146 valence electrons. The van der Waals surface area contributed by atoms with Gasteiger partial charge in [0.05, 0.1) is 17.8 Å². The minimum atomic E-state index is -0.404. The van der Waals surface area contributed by atoms with E-state index in [2.05, 4.69) is 31.1 Å². The molecule has 28 heavy (non-hydrogen) atoms. The van der Waals surface area contributed by atoms with Gasteiger partial charge in [0.1, 0.15) is 17.0 Å². The van der Waals surface area contributed by atoms with E-state index in [9.17, 15) is 9.59 Å². The number of pyridine rings is 2. The number of amides is 1. The quantitative estimate of drug-likeness (QED) is 0.503. The number of aromatic nitrogens is 3. The van der Waals surface area contributed by atoms with Crippen LogP contribution in [0.2, 0.25) is 0 Å². The Kier molecular flexibility index (Phi) is 4.70. The molecule has 1 saturated carbocycles. The zero-order valence-corrected chi connectivity index (χ0v) is 15.4. The van der Waals surface area contributed by atoms with E-state index in [1.807, 2.05) is 0 Å². The van der Waals surface area contributed by atoms with Crippen molar-refractivity contribution in [2.45, 2.75) is 25.0 Å². The lowest BCUT2D eigenvalue weighted by atomic mass is 9.89. The second-order valence-corrected chi connectivity index (χ2v) is 6.48. The highest BCUT2D eigenvalue weighted by Gasteiger charge is 2.34. The molecule has 0 radical (unpaired) electrons. The lowest BCUT2D eigenvalue weighted by Crippen LogP contribution is -2.51. The molecule has 4 N–H and O–H groups in total. The third kappa shape index (κ3) is 3.18. The van der Waals surface area contributed by atoms with Crippen LogP contribution in [0.15, 0.2) is 33.7 Å². The van der Waals surface area contributed by atoms with E-state index in [4.69, 9.17) is 9.26 Å². The van der Waals surface area contributed by atoms with Gasteiger partial charge in [0.15, 0.2) is 5.52 Å². The molecule has 3 aromatic heterocycles. The first-order valence-corrected chi connectivity index (χ1v) is 8.87. The first kappa shape index (κ1) is 18.0. The van der Waals surface area contributed by atoms with Crippen molar-refractivity contribution < 1.29 is 14.1 Å². The fourth-order valence-corrected chi connectivity index (χ4v) is 3.14. The molecular formula is C18H20N6O4. The molecule has 0 spiro atoms. The highest BCUT2D eigenvalue weighted by molar-refractivity contribution is 6.05.